The number of carbonyl (C=O) groups is 2. The van der Waals surface area contributed by atoms with Crippen LogP contribution in [0.15, 0.2) is 29.2 Å². The van der Waals surface area contributed by atoms with Crippen molar-refractivity contribution in [1.82, 2.24) is 4.90 Å². The standard InChI is InChI=1S/C14H17NO4S/c1-9-7-15(8-11(19-9)14(17)18)13(16)10-5-3-4-6-12(10)20-2/h3-6,9,11H,7-8H2,1-2H3,(H,17,18)/t9-,11?/m1/s1. The van der Waals surface area contributed by atoms with Gasteiger partial charge in [0.2, 0.25) is 0 Å². The highest BCUT2D eigenvalue weighted by Gasteiger charge is 2.33. The van der Waals surface area contributed by atoms with E-state index < -0.39 is 12.1 Å². The number of carboxylic acids is 1. The maximum absolute atomic E-state index is 12.6. The fourth-order valence-electron chi connectivity index (χ4n) is 2.25. The maximum atomic E-state index is 12.6. The van der Waals surface area contributed by atoms with E-state index in [-0.39, 0.29) is 18.6 Å². The van der Waals surface area contributed by atoms with Gasteiger partial charge < -0.3 is 14.7 Å². The summed E-state index contributed by atoms with van der Waals surface area (Å²) in [5.41, 5.74) is 0.609. The van der Waals surface area contributed by atoms with Gasteiger partial charge in [-0.2, -0.15) is 0 Å². The van der Waals surface area contributed by atoms with E-state index in [0.29, 0.717) is 12.1 Å². The highest BCUT2D eigenvalue weighted by atomic mass is 32.2. The van der Waals surface area contributed by atoms with E-state index in [4.69, 9.17) is 9.84 Å². The molecule has 0 radical (unpaired) electrons. The molecule has 2 atom stereocenters. The first-order valence-corrected chi connectivity index (χ1v) is 7.56. The van der Waals surface area contributed by atoms with Crippen molar-refractivity contribution in [1.29, 1.82) is 0 Å². The Morgan fingerprint density at radius 1 is 1.35 bits per heavy atom. The molecule has 1 fully saturated rings. The van der Waals surface area contributed by atoms with Gasteiger partial charge in [0.25, 0.3) is 5.91 Å². The minimum absolute atomic E-state index is 0.0845. The fraction of sp³-hybridized carbons (Fsp3) is 0.429. The Morgan fingerprint density at radius 2 is 2.05 bits per heavy atom. The number of hydrogen-bond acceptors (Lipinski definition) is 4. The Kier molecular flexibility index (Phi) is 4.67. The Balaban J connectivity index is 2.21. The molecule has 1 aromatic rings. The summed E-state index contributed by atoms with van der Waals surface area (Å²) < 4.78 is 5.32. The number of carboxylic acid groups (broad SMARTS) is 1. The molecule has 1 N–H and O–H groups in total. The number of hydrogen-bond donors (Lipinski definition) is 1. The highest BCUT2D eigenvalue weighted by Crippen LogP contribution is 2.23. The third-order valence-electron chi connectivity index (χ3n) is 3.16. The van der Waals surface area contributed by atoms with Gasteiger partial charge in [0, 0.05) is 11.4 Å². The lowest BCUT2D eigenvalue weighted by atomic mass is 10.1. The van der Waals surface area contributed by atoms with Crippen LogP contribution >= 0.6 is 11.8 Å². The molecular formula is C14H17NO4S. The summed E-state index contributed by atoms with van der Waals surface area (Å²) in [5.74, 6) is -1.18. The molecule has 1 aliphatic heterocycles. The molecule has 1 unspecified atom stereocenters. The number of rotatable bonds is 3. The molecule has 20 heavy (non-hydrogen) atoms. The van der Waals surface area contributed by atoms with Crippen molar-refractivity contribution in [3.8, 4) is 0 Å². The molecule has 1 aliphatic rings. The number of nitrogens with zero attached hydrogens (tertiary/aromatic N) is 1. The summed E-state index contributed by atoms with van der Waals surface area (Å²) in [6.45, 7) is 2.27. The summed E-state index contributed by atoms with van der Waals surface area (Å²) in [4.78, 5) is 26.1. The van der Waals surface area contributed by atoms with Crippen LogP contribution in [0.2, 0.25) is 0 Å². The van der Waals surface area contributed by atoms with Crippen molar-refractivity contribution in [2.45, 2.75) is 24.0 Å². The normalized spacial score (nSPS) is 22.6. The summed E-state index contributed by atoms with van der Waals surface area (Å²) in [7, 11) is 0. The van der Waals surface area contributed by atoms with Gasteiger partial charge in [0.05, 0.1) is 18.2 Å². The van der Waals surface area contributed by atoms with Gasteiger partial charge in [0.1, 0.15) is 0 Å². The van der Waals surface area contributed by atoms with Gasteiger partial charge >= 0.3 is 5.97 Å². The lowest BCUT2D eigenvalue weighted by molar-refractivity contribution is -0.160. The summed E-state index contributed by atoms with van der Waals surface area (Å²) in [6, 6.07) is 7.34. The first kappa shape index (κ1) is 14.9. The highest BCUT2D eigenvalue weighted by molar-refractivity contribution is 7.98. The topological polar surface area (TPSA) is 66.8 Å². The monoisotopic (exact) mass is 295 g/mol. The Bertz CT molecular complexity index is 520. The SMILES string of the molecule is CSc1ccccc1C(=O)N1CC(C(=O)O)O[C@H](C)C1. The van der Waals surface area contributed by atoms with Gasteiger partial charge in [0.15, 0.2) is 6.10 Å². The van der Waals surface area contributed by atoms with Crippen LogP contribution in [-0.4, -0.2) is 53.4 Å². The predicted octanol–water partition coefficient (Wildman–Crippen LogP) is 1.72. The molecule has 0 spiro atoms. The summed E-state index contributed by atoms with van der Waals surface area (Å²) in [6.07, 6.45) is 0.674. The van der Waals surface area contributed by atoms with Gasteiger partial charge in [-0.15, -0.1) is 11.8 Å². The van der Waals surface area contributed by atoms with E-state index in [2.05, 4.69) is 0 Å². The predicted molar refractivity (Wildman–Crippen MR) is 76.1 cm³/mol. The molecule has 108 valence electrons. The molecular weight excluding hydrogens is 278 g/mol. The summed E-state index contributed by atoms with van der Waals surface area (Å²) >= 11 is 1.50. The van der Waals surface area contributed by atoms with Gasteiger partial charge in [-0.25, -0.2) is 4.79 Å². The van der Waals surface area contributed by atoms with Crippen LogP contribution in [0.5, 0.6) is 0 Å². The average Bonchev–Trinajstić information content (AvgIpc) is 2.45. The summed E-state index contributed by atoms with van der Waals surface area (Å²) in [5, 5.41) is 9.06. The van der Waals surface area contributed by atoms with E-state index in [1.54, 1.807) is 17.9 Å². The zero-order chi connectivity index (χ0) is 14.7. The van der Waals surface area contributed by atoms with Crippen LogP contribution in [0, 0.1) is 0 Å². The van der Waals surface area contributed by atoms with E-state index in [1.165, 1.54) is 11.8 Å². The van der Waals surface area contributed by atoms with E-state index in [0.717, 1.165) is 4.90 Å². The zero-order valence-corrected chi connectivity index (χ0v) is 12.2. The van der Waals surface area contributed by atoms with Crippen molar-refractivity contribution in [2.24, 2.45) is 0 Å². The smallest absolute Gasteiger partial charge is 0.334 e. The Labute approximate surface area is 121 Å². The molecule has 1 amide bonds. The first-order valence-electron chi connectivity index (χ1n) is 6.33. The lowest BCUT2D eigenvalue weighted by Crippen LogP contribution is -2.51. The molecule has 1 heterocycles. The third-order valence-corrected chi connectivity index (χ3v) is 3.96. The maximum Gasteiger partial charge on any atom is 0.334 e. The van der Waals surface area contributed by atoms with Gasteiger partial charge in [-0.05, 0) is 25.3 Å². The van der Waals surface area contributed by atoms with Crippen LogP contribution in [0.1, 0.15) is 17.3 Å². The van der Waals surface area contributed by atoms with Crippen LogP contribution in [-0.2, 0) is 9.53 Å². The molecule has 0 bridgehead atoms. The second-order valence-electron chi connectivity index (χ2n) is 4.68. The fourth-order valence-corrected chi connectivity index (χ4v) is 2.84. The van der Waals surface area contributed by atoms with Crippen LogP contribution in [0.25, 0.3) is 0 Å². The number of morpholine rings is 1. The van der Waals surface area contributed by atoms with Crippen molar-refractivity contribution in [3.63, 3.8) is 0 Å². The van der Waals surface area contributed by atoms with Crippen LogP contribution in [0.4, 0.5) is 0 Å². The van der Waals surface area contributed by atoms with Gasteiger partial charge in [-0.1, -0.05) is 12.1 Å². The van der Waals surface area contributed by atoms with Crippen molar-refractivity contribution in [2.75, 3.05) is 19.3 Å². The minimum atomic E-state index is -1.03. The number of thioether (sulfide) groups is 1. The molecule has 6 heteroatoms. The van der Waals surface area contributed by atoms with Gasteiger partial charge in [-0.3, -0.25) is 4.79 Å². The van der Waals surface area contributed by atoms with Crippen LogP contribution < -0.4 is 0 Å². The largest absolute Gasteiger partial charge is 0.479 e. The molecule has 0 aliphatic carbocycles. The zero-order valence-electron chi connectivity index (χ0n) is 11.4. The number of aliphatic carboxylic acids is 1. The minimum Gasteiger partial charge on any atom is -0.479 e. The van der Waals surface area contributed by atoms with Crippen LogP contribution in [0.3, 0.4) is 0 Å². The number of amides is 1. The molecule has 0 aromatic heterocycles. The lowest BCUT2D eigenvalue weighted by Gasteiger charge is -2.35. The first-order chi connectivity index (χ1) is 9.52. The Hall–Kier alpha value is -1.53. The van der Waals surface area contributed by atoms with Crippen molar-refractivity contribution >= 4 is 23.6 Å². The molecule has 5 nitrogen and oxygen atoms in total. The number of carbonyl (C=O) groups excluding carboxylic acids is 1. The molecule has 1 aromatic carbocycles. The van der Waals surface area contributed by atoms with E-state index in [1.807, 2.05) is 24.5 Å². The molecule has 2 rings (SSSR count). The van der Waals surface area contributed by atoms with Crippen molar-refractivity contribution < 1.29 is 19.4 Å². The second-order valence-corrected chi connectivity index (χ2v) is 5.53. The molecule has 1 saturated heterocycles. The number of benzene rings is 1. The quantitative estimate of drug-likeness (QED) is 0.860. The second kappa shape index (κ2) is 6.28. The number of ether oxygens (including phenoxy) is 1. The average molecular weight is 295 g/mol. The third kappa shape index (κ3) is 3.13. The van der Waals surface area contributed by atoms with E-state index >= 15 is 0 Å². The van der Waals surface area contributed by atoms with Crippen molar-refractivity contribution in [3.05, 3.63) is 29.8 Å². The molecule has 0 saturated carbocycles. The Morgan fingerprint density at radius 3 is 2.70 bits per heavy atom. The van der Waals surface area contributed by atoms with E-state index in [9.17, 15) is 9.59 Å².